The lowest BCUT2D eigenvalue weighted by Gasteiger charge is -2.35. The van der Waals surface area contributed by atoms with Gasteiger partial charge in [0.2, 0.25) is 11.8 Å². The minimum atomic E-state index is -0.575. The van der Waals surface area contributed by atoms with Crippen molar-refractivity contribution in [2.45, 2.75) is 148 Å². The average Bonchev–Trinajstić information content (AvgIpc) is 3.83. The van der Waals surface area contributed by atoms with E-state index in [2.05, 4.69) is 10.6 Å². The van der Waals surface area contributed by atoms with Crippen molar-refractivity contribution in [3.8, 4) is 11.4 Å². The molecule has 0 radical (unpaired) electrons. The predicted molar refractivity (Wildman–Crippen MR) is 247 cm³/mol. The van der Waals surface area contributed by atoms with E-state index in [4.69, 9.17) is 14.5 Å². The monoisotopic (exact) mass is 920 g/mol. The Morgan fingerprint density at radius 1 is 0.985 bits per heavy atom. The third kappa shape index (κ3) is 9.80. The van der Waals surface area contributed by atoms with Crippen LogP contribution in [0.15, 0.2) is 41.2 Å². The SMILES string of the molecule is CCC1C(=O)OCc2c1cc1n(c2=O)Cc2c-1nc1cc(F)c(C)c3c1c2C(N(C)C(=O)OC1/C=C/CCC(C(=O)NCCCCC(C)NC(=O)CCCCCN2C(=O)C=CC2=O)CC1)CC3. The molecule has 1 aromatic carbocycles. The number of hydrogen-bond donors (Lipinski definition) is 2. The van der Waals surface area contributed by atoms with Crippen LogP contribution in [0.3, 0.4) is 0 Å². The third-order valence-electron chi connectivity index (χ3n) is 14.3. The zero-order valence-electron chi connectivity index (χ0n) is 38.9. The number of amides is 5. The number of hydrogen-bond acceptors (Lipinski definition) is 10. The quantitative estimate of drug-likeness (QED) is 0.0520. The standard InChI is InChI=1S/C51H61FN6O9/c1-5-33-35-25-41-47-36(27-58(41)49(63)37(35)28-66-50(33)64)46-40(20-19-34-30(3)38(52)26-39(55-47)45(34)46)56(4)51(65)67-32-15-9-8-14-31(17-18-32)48(62)53-23-11-10-13-29(2)54-42(59)16-7-6-12-24-57-43(60)21-22-44(57)61/h9,15,21-22,25-26,29,31-33,40H,5-8,10-14,16-20,23-24,27-28H2,1-4H3,(H,53,62)(H,54,59)/b15-9+. The first-order valence-electron chi connectivity index (χ1n) is 24.0. The van der Waals surface area contributed by atoms with Crippen LogP contribution < -0.4 is 16.2 Å². The highest BCUT2D eigenvalue weighted by Crippen LogP contribution is 2.47. The van der Waals surface area contributed by atoms with Crippen LogP contribution in [0, 0.1) is 18.7 Å². The highest BCUT2D eigenvalue weighted by Gasteiger charge is 2.39. The van der Waals surface area contributed by atoms with Crippen LogP contribution in [-0.4, -0.2) is 87.3 Å². The van der Waals surface area contributed by atoms with Crippen molar-refractivity contribution < 1.29 is 42.6 Å². The molecule has 0 saturated carbocycles. The van der Waals surface area contributed by atoms with Crippen LogP contribution in [0.5, 0.6) is 0 Å². The first-order chi connectivity index (χ1) is 32.2. The number of aryl methyl sites for hydroxylation is 1. The van der Waals surface area contributed by atoms with Crippen LogP contribution in [-0.2, 0) is 53.0 Å². The van der Waals surface area contributed by atoms with Crippen LogP contribution in [0.1, 0.15) is 143 Å². The summed E-state index contributed by atoms with van der Waals surface area (Å²) in [5, 5.41) is 6.91. The van der Waals surface area contributed by atoms with Crippen LogP contribution in [0.4, 0.5) is 9.18 Å². The maximum Gasteiger partial charge on any atom is 0.410 e. The van der Waals surface area contributed by atoms with E-state index in [0.29, 0.717) is 111 Å². The van der Waals surface area contributed by atoms with Gasteiger partial charge in [-0.1, -0.05) is 19.4 Å². The number of pyridine rings is 2. The summed E-state index contributed by atoms with van der Waals surface area (Å²) in [6.07, 6.45) is 14.0. The molecule has 356 valence electrons. The second-order valence-electron chi connectivity index (χ2n) is 18.7. The molecular weight excluding hydrogens is 860 g/mol. The Labute approximate surface area is 389 Å². The Balaban J connectivity index is 0.839. The number of fused-ring (bicyclic) bond motifs is 5. The first-order valence-corrected chi connectivity index (χ1v) is 24.0. The number of esters is 1. The van der Waals surface area contributed by atoms with Crippen molar-refractivity contribution in [1.82, 2.24) is 30.0 Å². The summed E-state index contributed by atoms with van der Waals surface area (Å²) in [6, 6.07) is 2.82. The molecule has 2 aromatic heterocycles. The number of imide groups is 1. The van der Waals surface area contributed by atoms with Gasteiger partial charge >= 0.3 is 12.1 Å². The second kappa shape index (κ2) is 20.4. The largest absolute Gasteiger partial charge is 0.460 e. The van der Waals surface area contributed by atoms with Gasteiger partial charge in [0.05, 0.1) is 41.0 Å². The van der Waals surface area contributed by atoms with E-state index in [0.717, 1.165) is 47.8 Å². The minimum absolute atomic E-state index is 0.00786. The molecule has 16 heteroatoms. The highest BCUT2D eigenvalue weighted by molar-refractivity contribution is 6.12. The van der Waals surface area contributed by atoms with Gasteiger partial charge in [0.1, 0.15) is 18.5 Å². The fraction of sp³-hybridized carbons (Fsp3) is 0.529. The average molecular weight is 921 g/mol. The van der Waals surface area contributed by atoms with Gasteiger partial charge in [-0.15, -0.1) is 0 Å². The molecule has 0 spiro atoms. The first kappa shape index (κ1) is 47.3. The van der Waals surface area contributed by atoms with Gasteiger partial charge in [-0.3, -0.25) is 33.7 Å². The lowest BCUT2D eigenvalue weighted by molar-refractivity contribution is -0.148. The third-order valence-corrected chi connectivity index (χ3v) is 14.3. The van der Waals surface area contributed by atoms with E-state index in [-0.39, 0.29) is 66.1 Å². The number of ether oxygens (including phenoxy) is 2. The topological polar surface area (TPSA) is 186 Å². The smallest absolute Gasteiger partial charge is 0.410 e. The van der Waals surface area contributed by atoms with Crippen LogP contribution in [0.25, 0.3) is 22.3 Å². The number of allylic oxidation sites excluding steroid dienone is 1. The van der Waals surface area contributed by atoms with Crippen molar-refractivity contribution in [1.29, 1.82) is 0 Å². The van der Waals surface area contributed by atoms with Gasteiger partial charge in [-0.25, -0.2) is 14.2 Å². The number of halogens is 1. The molecule has 5 aliphatic rings. The van der Waals surface area contributed by atoms with Gasteiger partial charge in [0, 0.05) is 67.7 Å². The van der Waals surface area contributed by atoms with Crippen molar-refractivity contribution in [3.63, 3.8) is 0 Å². The molecule has 15 nitrogen and oxygen atoms in total. The van der Waals surface area contributed by atoms with E-state index in [1.165, 1.54) is 23.1 Å². The normalized spacial score (nSPS) is 21.4. The molecule has 2 aliphatic carbocycles. The van der Waals surface area contributed by atoms with Crippen molar-refractivity contribution >= 4 is 46.6 Å². The number of carbonyl (C=O) groups excluding carboxylic acids is 6. The number of nitrogens with zero attached hydrogens (tertiary/aromatic N) is 4. The number of rotatable bonds is 16. The van der Waals surface area contributed by atoms with Crippen molar-refractivity contribution in [3.05, 3.63) is 86.0 Å². The lowest BCUT2D eigenvalue weighted by Crippen LogP contribution is -2.37. The molecule has 3 aromatic rings. The summed E-state index contributed by atoms with van der Waals surface area (Å²) >= 11 is 0. The zero-order valence-corrected chi connectivity index (χ0v) is 38.9. The number of benzene rings is 1. The molecule has 5 heterocycles. The zero-order chi connectivity index (χ0) is 47.5. The van der Waals surface area contributed by atoms with E-state index in [9.17, 15) is 33.6 Å². The molecule has 0 bridgehead atoms. The van der Waals surface area contributed by atoms with E-state index < -0.39 is 24.2 Å². The summed E-state index contributed by atoms with van der Waals surface area (Å²) < 4.78 is 28.7. The minimum Gasteiger partial charge on any atom is -0.460 e. The number of carbonyl (C=O) groups is 6. The molecule has 5 atom stereocenters. The summed E-state index contributed by atoms with van der Waals surface area (Å²) in [5.74, 6) is -2.18. The summed E-state index contributed by atoms with van der Waals surface area (Å²) in [4.78, 5) is 97.8. The second-order valence-corrected chi connectivity index (χ2v) is 18.7. The van der Waals surface area contributed by atoms with E-state index >= 15 is 4.39 Å². The van der Waals surface area contributed by atoms with Crippen molar-refractivity contribution in [2.24, 2.45) is 5.92 Å². The Kier molecular flexibility index (Phi) is 14.4. The lowest BCUT2D eigenvalue weighted by atomic mass is 9.81. The number of cyclic esters (lactones) is 1. The van der Waals surface area contributed by atoms with Crippen molar-refractivity contribution in [2.75, 3.05) is 20.1 Å². The Morgan fingerprint density at radius 2 is 1.78 bits per heavy atom. The maximum atomic E-state index is 15.5. The van der Waals surface area contributed by atoms with Gasteiger partial charge in [0.15, 0.2) is 0 Å². The molecule has 5 unspecified atom stereocenters. The van der Waals surface area contributed by atoms with Gasteiger partial charge in [0.25, 0.3) is 17.4 Å². The van der Waals surface area contributed by atoms with Crippen LogP contribution in [0.2, 0.25) is 0 Å². The predicted octanol–water partition coefficient (Wildman–Crippen LogP) is 6.87. The molecule has 2 N–H and O–H groups in total. The molecule has 5 amide bonds. The van der Waals surface area contributed by atoms with Gasteiger partial charge < -0.3 is 29.6 Å². The fourth-order valence-corrected chi connectivity index (χ4v) is 10.5. The number of aromatic nitrogens is 2. The Morgan fingerprint density at radius 3 is 2.55 bits per heavy atom. The van der Waals surface area contributed by atoms with Gasteiger partial charge in [-0.2, -0.15) is 0 Å². The Hall–Kier alpha value is -6.19. The Bertz CT molecular complexity index is 2600. The molecule has 0 fully saturated rings. The molecular formula is C51H61FN6O9. The molecule has 67 heavy (non-hydrogen) atoms. The highest BCUT2D eigenvalue weighted by atomic mass is 19.1. The summed E-state index contributed by atoms with van der Waals surface area (Å²) in [5.41, 5.74) is 5.36. The summed E-state index contributed by atoms with van der Waals surface area (Å²) in [6.45, 7) is 6.59. The number of nitrogens with one attached hydrogen (secondary N) is 2. The maximum absolute atomic E-state index is 15.5. The van der Waals surface area contributed by atoms with Gasteiger partial charge in [-0.05, 0) is 125 Å². The molecule has 8 rings (SSSR count). The molecule has 3 aliphatic heterocycles. The van der Waals surface area contributed by atoms with E-state index in [1.54, 1.807) is 23.4 Å². The fourth-order valence-electron chi connectivity index (χ4n) is 10.5. The molecule has 0 saturated heterocycles. The van der Waals surface area contributed by atoms with Crippen LogP contribution >= 0.6 is 0 Å². The number of unbranched alkanes of at least 4 members (excludes halogenated alkanes) is 3. The van der Waals surface area contributed by atoms with E-state index in [1.807, 2.05) is 32.1 Å². The summed E-state index contributed by atoms with van der Waals surface area (Å²) in [7, 11) is 1.71.